The lowest BCUT2D eigenvalue weighted by molar-refractivity contribution is -0.225. The predicted molar refractivity (Wildman–Crippen MR) is 144 cm³/mol. The number of hydrogen-bond donors (Lipinski definition) is 3. The summed E-state index contributed by atoms with van der Waals surface area (Å²) in [5.74, 6) is -2.49. The molecule has 3 aliphatic rings. The van der Waals surface area contributed by atoms with Gasteiger partial charge in [0.15, 0.2) is 0 Å². The Bertz CT molecular complexity index is 1170. The summed E-state index contributed by atoms with van der Waals surface area (Å²) in [6.07, 6.45) is 7.53. The number of benzene rings is 2. The molecule has 2 aromatic rings. The van der Waals surface area contributed by atoms with Gasteiger partial charge in [0, 0.05) is 34.4 Å². The number of carbonyl (C=O) groups excluding carboxylic acids is 3. The van der Waals surface area contributed by atoms with Crippen LogP contribution in [-0.4, -0.2) is 37.0 Å². The van der Waals surface area contributed by atoms with Gasteiger partial charge in [0.25, 0.3) is 11.7 Å². The van der Waals surface area contributed by atoms with Gasteiger partial charge in [-0.1, -0.05) is 37.3 Å². The van der Waals surface area contributed by atoms with Gasteiger partial charge in [-0.3, -0.25) is 14.4 Å². The first-order chi connectivity index (χ1) is 18.4. The summed E-state index contributed by atoms with van der Waals surface area (Å²) >= 11 is 6.64. The Kier molecular flexibility index (Phi) is 8.19. The lowest BCUT2D eigenvalue weighted by atomic mass is 9.93. The number of anilines is 1. The van der Waals surface area contributed by atoms with E-state index in [0.717, 1.165) is 29.7 Å². The van der Waals surface area contributed by atoms with Crippen LogP contribution in [0, 0.1) is 0 Å². The van der Waals surface area contributed by atoms with Gasteiger partial charge >= 0.3 is 11.9 Å². The number of hydrogen-bond acceptors (Lipinski definition) is 7. The average molecular weight is 540 g/mol. The van der Waals surface area contributed by atoms with Crippen LogP contribution in [0.1, 0.15) is 78.4 Å². The topological polar surface area (TPSA) is 106 Å². The van der Waals surface area contributed by atoms with Crippen LogP contribution in [0.15, 0.2) is 36.4 Å². The number of halogens is 1. The highest BCUT2D eigenvalue weighted by atomic mass is 35.5. The average Bonchev–Trinajstić information content (AvgIpc) is 3.32. The van der Waals surface area contributed by atoms with Crippen LogP contribution in [0.4, 0.5) is 5.69 Å². The van der Waals surface area contributed by atoms with Crippen LogP contribution >= 0.6 is 11.6 Å². The second-order valence-corrected chi connectivity index (χ2v) is 10.7. The minimum absolute atomic E-state index is 0.00735. The first kappa shape index (κ1) is 26.5. The highest BCUT2D eigenvalue weighted by Gasteiger charge is 2.45. The Balaban J connectivity index is 1.31. The van der Waals surface area contributed by atoms with Crippen molar-refractivity contribution in [2.45, 2.75) is 76.2 Å². The Labute approximate surface area is 227 Å². The Morgan fingerprint density at radius 1 is 0.947 bits per heavy atom. The van der Waals surface area contributed by atoms with Crippen molar-refractivity contribution < 1.29 is 23.9 Å². The maximum atomic E-state index is 12.7. The zero-order chi connectivity index (χ0) is 26.5. The van der Waals surface area contributed by atoms with Gasteiger partial charge < -0.3 is 25.4 Å². The Hall–Kier alpha value is -3.10. The number of amides is 1. The van der Waals surface area contributed by atoms with E-state index in [1.165, 1.54) is 25.7 Å². The highest BCUT2D eigenvalue weighted by Crippen LogP contribution is 2.38. The van der Waals surface area contributed by atoms with Crippen LogP contribution in [0.2, 0.25) is 5.02 Å². The van der Waals surface area contributed by atoms with Gasteiger partial charge in [-0.15, -0.1) is 0 Å². The standard InChI is InChI=1S/C29H34ClN3O5/c30-25-12-11-24-22(15-16-31-18-29(24)37-26(34)13-14-27(35)38-29)23(25)17-32-20-9-7-19(8-10-20)28(36)33-21-5-3-1-2-4-6-21/h7-12,21,31-32H,1-6,13-18H2,(H,33,36). The van der Waals surface area contributed by atoms with Gasteiger partial charge in [0.05, 0.1) is 19.4 Å². The first-order valence-electron chi connectivity index (χ1n) is 13.5. The van der Waals surface area contributed by atoms with E-state index in [1.54, 1.807) is 12.1 Å². The molecule has 0 unspecified atom stereocenters. The molecule has 2 fully saturated rings. The summed E-state index contributed by atoms with van der Waals surface area (Å²) in [6.45, 7) is 1.20. The van der Waals surface area contributed by atoms with E-state index in [1.807, 2.05) is 24.3 Å². The van der Waals surface area contributed by atoms with Crippen molar-refractivity contribution in [3.8, 4) is 0 Å². The molecular weight excluding hydrogens is 506 g/mol. The molecule has 1 saturated heterocycles. The van der Waals surface area contributed by atoms with Gasteiger partial charge in [0.1, 0.15) is 0 Å². The molecule has 1 amide bonds. The molecule has 2 heterocycles. The smallest absolute Gasteiger partial charge is 0.309 e. The maximum Gasteiger partial charge on any atom is 0.309 e. The minimum atomic E-state index is -1.51. The number of rotatable bonds is 5. The maximum absolute atomic E-state index is 12.7. The zero-order valence-electron chi connectivity index (χ0n) is 21.4. The third-order valence-electron chi connectivity index (χ3n) is 7.59. The third kappa shape index (κ3) is 5.97. The number of ether oxygens (including phenoxy) is 2. The second kappa shape index (κ2) is 11.7. The SMILES string of the molecule is O=C1CCC(=O)OC2(CNCCc3c2ccc(Cl)c3CNc2ccc(C(=O)NC3CCCCCC3)cc2)O1. The predicted octanol–water partition coefficient (Wildman–Crippen LogP) is 4.58. The summed E-state index contributed by atoms with van der Waals surface area (Å²) in [7, 11) is 0. The van der Waals surface area contributed by atoms with Gasteiger partial charge in [-0.25, -0.2) is 0 Å². The molecule has 0 atom stereocenters. The fourth-order valence-corrected chi connectivity index (χ4v) is 5.80. The van der Waals surface area contributed by atoms with Crippen LogP contribution < -0.4 is 16.0 Å². The van der Waals surface area contributed by atoms with Crippen molar-refractivity contribution in [3.63, 3.8) is 0 Å². The normalized spacial score (nSPS) is 19.8. The van der Waals surface area contributed by atoms with Crippen molar-refractivity contribution in [2.75, 3.05) is 18.4 Å². The Morgan fingerprint density at radius 3 is 2.32 bits per heavy atom. The summed E-state index contributed by atoms with van der Waals surface area (Å²) < 4.78 is 11.5. The molecule has 8 nitrogen and oxygen atoms in total. The fraction of sp³-hybridized carbons (Fsp3) is 0.483. The second-order valence-electron chi connectivity index (χ2n) is 10.3. The lowest BCUT2D eigenvalue weighted by Gasteiger charge is -2.32. The summed E-state index contributed by atoms with van der Waals surface area (Å²) in [5, 5.41) is 10.4. The third-order valence-corrected chi connectivity index (χ3v) is 7.95. The summed E-state index contributed by atoms with van der Waals surface area (Å²) in [5.41, 5.74) is 3.85. The van der Waals surface area contributed by atoms with Crippen molar-refractivity contribution in [3.05, 3.63) is 63.7 Å². The quantitative estimate of drug-likeness (QED) is 0.377. The molecule has 0 aromatic heterocycles. The van der Waals surface area contributed by atoms with E-state index >= 15 is 0 Å². The van der Waals surface area contributed by atoms with E-state index in [-0.39, 0.29) is 31.3 Å². The monoisotopic (exact) mass is 539 g/mol. The number of fused-ring (bicyclic) bond motifs is 2. The molecule has 1 saturated carbocycles. The first-order valence-corrected chi connectivity index (χ1v) is 13.9. The number of nitrogens with one attached hydrogen (secondary N) is 3. The van der Waals surface area contributed by atoms with Crippen molar-refractivity contribution in [2.24, 2.45) is 0 Å². The van der Waals surface area contributed by atoms with Gasteiger partial charge in [0.2, 0.25) is 0 Å². The largest absolute Gasteiger partial charge is 0.416 e. The molecule has 38 heavy (non-hydrogen) atoms. The lowest BCUT2D eigenvalue weighted by Crippen LogP contribution is -2.43. The molecule has 1 aliphatic carbocycles. The van der Waals surface area contributed by atoms with E-state index in [0.29, 0.717) is 35.7 Å². The van der Waals surface area contributed by atoms with Crippen molar-refractivity contribution >= 4 is 35.1 Å². The van der Waals surface area contributed by atoms with Crippen LogP contribution in [0.5, 0.6) is 0 Å². The molecule has 5 rings (SSSR count). The fourth-order valence-electron chi connectivity index (χ4n) is 5.56. The molecule has 2 aliphatic heterocycles. The van der Waals surface area contributed by atoms with Gasteiger partial charge in [-0.2, -0.15) is 0 Å². The minimum Gasteiger partial charge on any atom is -0.416 e. The van der Waals surface area contributed by atoms with Crippen LogP contribution in [0.25, 0.3) is 0 Å². The zero-order valence-corrected chi connectivity index (χ0v) is 22.2. The molecule has 0 radical (unpaired) electrons. The Morgan fingerprint density at radius 2 is 1.63 bits per heavy atom. The number of carbonyl (C=O) groups is 3. The van der Waals surface area contributed by atoms with Gasteiger partial charge in [-0.05, 0) is 73.3 Å². The molecule has 9 heteroatoms. The van der Waals surface area contributed by atoms with Crippen molar-refractivity contribution in [1.29, 1.82) is 0 Å². The van der Waals surface area contributed by atoms with Crippen LogP contribution in [-0.2, 0) is 37.8 Å². The molecule has 1 spiro atoms. The summed E-state index contributed by atoms with van der Waals surface area (Å²) in [4.78, 5) is 37.4. The van der Waals surface area contributed by atoms with Crippen LogP contribution in [0.3, 0.4) is 0 Å². The molecule has 202 valence electrons. The highest BCUT2D eigenvalue weighted by molar-refractivity contribution is 6.31. The molecule has 3 N–H and O–H groups in total. The van der Waals surface area contributed by atoms with E-state index < -0.39 is 17.7 Å². The van der Waals surface area contributed by atoms with Crippen molar-refractivity contribution in [1.82, 2.24) is 10.6 Å². The molecular formula is C29H34ClN3O5. The summed E-state index contributed by atoms with van der Waals surface area (Å²) in [6, 6.07) is 11.2. The van der Waals surface area contributed by atoms with E-state index in [9.17, 15) is 14.4 Å². The molecule has 0 bridgehead atoms. The van der Waals surface area contributed by atoms with E-state index in [4.69, 9.17) is 21.1 Å². The molecule has 2 aromatic carbocycles. The number of esters is 2. The van der Waals surface area contributed by atoms with E-state index in [2.05, 4.69) is 16.0 Å².